The molecule has 0 unspecified atom stereocenters. The van der Waals surface area contributed by atoms with Gasteiger partial charge >= 0.3 is 0 Å². The minimum Gasteiger partial charge on any atom is -0.494 e. The lowest BCUT2D eigenvalue weighted by Crippen LogP contribution is -2.21. The zero-order valence-corrected chi connectivity index (χ0v) is 11.3. The van der Waals surface area contributed by atoms with E-state index in [-0.39, 0.29) is 11.2 Å². The molecule has 0 saturated heterocycles. The van der Waals surface area contributed by atoms with Crippen molar-refractivity contribution in [1.29, 1.82) is 0 Å². The van der Waals surface area contributed by atoms with Crippen LogP contribution in [-0.4, -0.2) is 12.4 Å². The normalized spacial score (nSPS) is 18.4. The van der Waals surface area contributed by atoms with Crippen molar-refractivity contribution in [3.8, 4) is 5.75 Å². The lowest BCUT2D eigenvalue weighted by atomic mass is 9.75. The summed E-state index contributed by atoms with van der Waals surface area (Å²) >= 11 is 0. The van der Waals surface area contributed by atoms with Gasteiger partial charge in [0.2, 0.25) is 0 Å². The van der Waals surface area contributed by atoms with Gasteiger partial charge in [-0.05, 0) is 48.1 Å². The van der Waals surface area contributed by atoms with Crippen LogP contribution < -0.4 is 4.74 Å². The first-order valence-electron chi connectivity index (χ1n) is 6.47. The SMILES string of the molecule is CCOc1ccc(C2=CC(=O)CC(C)(C)C2)cc1. The molecule has 0 bridgehead atoms. The average molecular weight is 244 g/mol. The van der Waals surface area contributed by atoms with Crippen LogP contribution in [0.5, 0.6) is 5.75 Å². The van der Waals surface area contributed by atoms with Gasteiger partial charge in [0, 0.05) is 6.42 Å². The average Bonchev–Trinajstić information content (AvgIpc) is 2.27. The molecule has 0 heterocycles. The highest BCUT2D eigenvalue weighted by atomic mass is 16.5. The van der Waals surface area contributed by atoms with Crippen LogP contribution in [-0.2, 0) is 4.79 Å². The lowest BCUT2D eigenvalue weighted by molar-refractivity contribution is -0.116. The van der Waals surface area contributed by atoms with E-state index in [0.29, 0.717) is 13.0 Å². The molecule has 2 rings (SSSR count). The molecule has 2 nitrogen and oxygen atoms in total. The van der Waals surface area contributed by atoms with Crippen molar-refractivity contribution in [2.75, 3.05) is 6.61 Å². The molecule has 2 heteroatoms. The number of ether oxygens (including phenoxy) is 1. The molecule has 1 aliphatic rings. The summed E-state index contributed by atoms with van der Waals surface area (Å²) in [6, 6.07) is 7.99. The number of rotatable bonds is 3. The van der Waals surface area contributed by atoms with Crippen LogP contribution >= 0.6 is 0 Å². The third-order valence-electron chi connectivity index (χ3n) is 3.19. The van der Waals surface area contributed by atoms with Gasteiger partial charge in [0.1, 0.15) is 5.75 Å². The van der Waals surface area contributed by atoms with Gasteiger partial charge in [0.05, 0.1) is 6.61 Å². The van der Waals surface area contributed by atoms with Crippen molar-refractivity contribution < 1.29 is 9.53 Å². The molecule has 0 radical (unpaired) electrons. The van der Waals surface area contributed by atoms with Crippen molar-refractivity contribution in [2.45, 2.75) is 33.6 Å². The molecular weight excluding hydrogens is 224 g/mol. The van der Waals surface area contributed by atoms with Gasteiger partial charge in [0.15, 0.2) is 5.78 Å². The van der Waals surface area contributed by atoms with E-state index in [4.69, 9.17) is 4.74 Å². The predicted octanol–water partition coefficient (Wildman–Crippen LogP) is 3.86. The maximum absolute atomic E-state index is 11.7. The van der Waals surface area contributed by atoms with Crippen molar-refractivity contribution in [3.05, 3.63) is 35.9 Å². The number of benzene rings is 1. The molecule has 18 heavy (non-hydrogen) atoms. The minimum absolute atomic E-state index is 0.0692. The van der Waals surface area contributed by atoms with E-state index >= 15 is 0 Å². The number of carbonyl (C=O) groups is 1. The molecule has 0 aromatic heterocycles. The second kappa shape index (κ2) is 4.97. The monoisotopic (exact) mass is 244 g/mol. The summed E-state index contributed by atoms with van der Waals surface area (Å²) in [6.07, 6.45) is 3.39. The Morgan fingerprint density at radius 1 is 1.17 bits per heavy atom. The Morgan fingerprint density at radius 3 is 2.39 bits per heavy atom. The third-order valence-corrected chi connectivity index (χ3v) is 3.19. The fraction of sp³-hybridized carbons (Fsp3) is 0.438. The van der Waals surface area contributed by atoms with Crippen molar-refractivity contribution >= 4 is 11.4 Å². The largest absolute Gasteiger partial charge is 0.494 e. The van der Waals surface area contributed by atoms with E-state index in [1.165, 1.54) is 0 Å². The van der Waals surface area contributed by atoms with Gasteiger partial charge in [-0.2, -0.15) is 0 Å². The topological polar surface area (TPSA) is 26.3 Å². The molecular formula is C16H20O2. The number of hydrogen-bond donors (Lipinski definition) is 0. The Bertz CT molecular complexity index is 466. The summed E-state index contributed by atoms with van der Waals surface area (Å²) in [5.74, 6) is 1.11. The third kappa shape index (κ3) is 3.00. The summed E-state index contributed by atoms with van der Waals surface area (Å²) in [4.78, 5) is 11.7. The van der Waals surface area contributed by atoms with Crippen LogP contribution in [0.15, 0.2) is 30.3 Å². The maximum Gasteiger partial charge on any atom is 0.156 e. The van der Waals surface area contributed by atoms with Crippen molar-refractivity contribution in [3.63, 3.8) is 0 Å². The Morgan fingerprint density at radius 2 is 1.83 bits per heavy atom. The Balaban J connectivity index is 2.23. The second-order valence-corrected chi connectivity index (χ2v) is 5.61. The summed E-state index contributed by atoms with van der Waals surface area (Å²) in [6.45, 7) is 6.94. The van der Waals surface area contributed by atoms with E-state index in [1.807, 2.05) is 31.2 Å². The summed E-state index contributed by atoms with van der Waals surface area (Å²) in [5.41, 5.74) is 2.33. The summed E-state index contributed by atoms with van der Waals surface area (Å²) < 4.78 is 5.42. The lowest BCUT2D eigenvalue weighted by Gasteiger charge is -2.29. The van der Waals surface area contributed by atoms with Crippen LogP contribution in [0.25, 0.3) is 5.57 Å². The van der Waals surface area contributed by atoms with E-state index in [2.05, 4.69) is 13.8 Å². The first-order chi connectivity index (χ1) is 8.50. The quantitative estimate of drug-likeness (QED) is 0.807. The zero-order chi connectivity index (χ0) is 13.2. The fourth-order valence-electron chi connectivity index (χ4n) is 2.46. The van der Waals surface area contributed by atoms with Crippen LogP contribution in [0.1, 0.15) is 39.2 Å². The Kier molecular flexibility index (Phi) is 3.55. The second-order valence-electron chi connectivity index (χ2n) is 5.61. The summed E-state index contributed by atoms with van der Waals surface area (Å²) in [5, 5.41) is 0. The number of ketones is 1. The molecule has 0 saturated carbocycles. The van der Waals surface area contributed by atoms with Crippen LogP contribution in [0.3, 0.4) is 0 Å². The molecule has 0 amide bonds. The first kappa shape index (κ1) is 12.9. The minimum atomic E-state index is 0.0692. The van der Waals surface area contributed by atoms with Gasteiger partial charge in [-0.25, -0.2) is 0 Å². The highest BCUT2D eigenvalue weighted by Gasteiger charge is 2.27. The molecule has 0 atom stereocenters. The molecule has 1 aromatic carbocycles. The number of allylic oxidation sites excluding steroid dienone is 2. The zero-order valence-electron chi connectivity index (χ0n) is 11.3. The predicted molar refractivity (Wildman–Crippen MR) is 73.6 cm³/mol. The van der Waals surface area contributed by atoms with Crippen LogP contribution in [0.4, 0.5) is 0 Å². The van der Waals surface area contributed by atoms with Gasteiger partial charge in [-0.1, -0.05) is 26.0 Å². The molecule has 1 aliphatic carbocycles. The molecule has 0 fully saturated rings. The fourth-order valence-corrected chi connectivity index (χ4v) is 2.46. The van der Waals surface area contributed by atoms with E-state index in [1.54, 1.807) is 6.08 Å². The molecule has 96 valence electrons. The Labute approximate surface area is 109 Å². The molecule has 0 spiro atoms. The van der Waals surface area contributed by atoms with Gasteiger partial charge in [-0.3, -0.25) is 4.79 Å². The number of hydrogen-bond acceptors (Lipinski definition) is 2. The number of carbonyl (C=O) groups excluding carboxylic acids is 1. The maximum atomic E-state index is 11.7. The smallest absolute Gasteiger partial charge is 0.156 e. The van der Waals surface area contributed by atoms with Crippen LogP contribution in [0, 0.1) is 5.41 Å². The van der Waals surface area contributed by atoms with Gasteiger partial charge < -0.3 is 4.74 Å². The first-order valence-corrected chi connectivity index (χ1v) is 6.47. The van der Waals surface area contributed by atoms with Crippen molar-refractivity contribution in [1.82, 2.24) is 0 Å². The highest BCUT2D eigenvalue weighted by molar-refractivity contribution is 5.99. The molecule has 0 N–H and O–H groups in total. The van der Waals surface area contributed by atoms with Gasteiger partial charge in [-0.15, -0.1) is 0 Å². The molecule has 1 aromatic rings. The Hall–Kier alpha value is -1.57. The standard InChI is InChI=1S/C16H20O2/c1-4-18-15-7-5-12(6-8-15)13-9-14(17)11-16(2,3)10-13/h5-9H,4,10-11H2,1-3H3. The van der Waals surface area contributed by atoms with E-state index < -0.39 is 0 Å². The van der Waals surface area contributed by atoms with Gasteiger partial charge in [0.25, 0.3) is 0 Å². The summed E-state index contributed by atoms with van der Waals surface area (Å²) in [7, 11) is 0. The van der Waals surface area contributed by atoms with Crippen molar-refractivity contribution in [2.24, 2.45) is 5.41 Å². The van der Waals surface area contributed by atoms with E-state index in [0.717, 1.165) is 23.3 Å². The highest BCUT2D eigenvalue weighted by Crippen LogP contribution is 2.38. The van der Waals surface area contributed by atoms with Crippen LogP contribution in [0.2, 0.25) is 0 Å². The van der Waals surface area contributed by atoms with E-state index in [9.17, 15) is 4.79 Å². The molecule has 0 aliphatic heterocycles.